The fourth-order valence-electron chi connectivity index (χ4n) is 1.80. The van der Waals surface area contributed by atoms with Crippen LogP contribution in [0.15, 0.2) is 24.4 Å². The highest BCUT2D eigenvalue weighted by Crippen LogP contribution is 2.28. The summed E-state index contributed by atoms with van der Waals surface area (Å²) in [6.07, 6.45) is 1.56. The van der Waals surface area contributed by atoms with Gasteiger partial charge in [-0.05, 0) is 12.1 Å². The summed E-state index contributed by atoms with van der Waals surface area (Å²) in [5.41, 5.74) is 6.72. The molecule has 0 aliphatic carbocycles. The minimum atomic E-state index is -0.306. The van der Waals surface area contributed by atoms with E-state index >= 15 is 0 Å². The number of H-pyrrole nitrogens is 1. The molecule has 106 valence electrons. The maximum absolute atomic E-state index is 12.3. The highest BCUT2D eigenvalue weighted by atomic mass is 16.5. The Labute approximate surface area is 116 Å². The van der Waals surface area contributed by atoms with Crippen molar-refractivity contribution < 1.29 is 14.3 Å². The van der Waals surface area contributed by atoms with Crippen LogP contribution in [0.2, 0.25) is 0 Å². The van der Waals surface area contributed by atoms with Crippen LogP contribution < -0.4 is 20.5 Å². The normalized spacial score (nSPS) is 10.1. The van der Waals surface area contributed by atoms with Crippen LogP contribution in [0, 0.1) is 0 Å². The molecule has 0 atom stereocenters. The highest BCUT2D eigenvalue weighted by Gasteiger charge is 2.18. The number of aromatic amines is 1. The molecule has 0 fully saturated rings. The molecule has 0 aliphatic rings. The molecule has 0 saturated heterocycles. The van der Waals surface area contributed by atoms with Gasteiger partial charge in [0.2, 0.25) is 0 Å². The van der Waals surface area contributed by atoms with Crippen molar-refractivity contribution in [2.45, 2.75) is 6.54 Å². The van der Waals surface area contributed by atoms with Crippen molar-refractivity contribution in [3.8, 4) is 11.5 Å². The summed E-state index contributed by atoms with van der Waals surface area (Å²) in [4.78, 5) is 12.3. The average molecular weight is 276 g/mol. The second-order valence-corrected chi connectivity index (χ2v) is 4.03. The molecular formula is C13H16N4O3. The van der Waals surface area contributed by atoms with Gasteiger partial charge in [-0.2, -0.15) is 5.10 Å². The maximum Gasteiger partial charge on any atom is 0.259 e. The van der Waals surface area contributed by atoms with Gasteiger partial charge < -0.3 is 20.5 Å². The molecule has 0 spiro atoms. The van der Waals surface area contributed by atoms with Crippen molar-refractivity contribution in [2.75, 3.05) is 20.0 Å². The monoisotopic (exact) mass is 276 g/mol. The molecule has 7 nitrogen and oxygen atoms in total. The van der Waals surface area contributed by atoms with Crippen LogP contribution in [0.3, 0.4) is 0 Å². The van der Waals surface area contributed by atoms with E-state index in [2.05, 4.69) is 15.5 Å². The molecular weight excluding hydrogens is 260 g/mol. The zero-order valence-corrected chi connectivity index (χ0v) is 11.3. The number of aromatic nitrogens is 2. The summed E-state index contributed by atoms with van der Waals surface area (Å²) >= 11 is 0. The molecule has 0 aliphatic heterocycles. The lowest BCUT2D eigenvalue weighted by Crippen LogP contribution is -2.24. The zero-order valence-electron chi connectivity index (χ0n) is 11.3. The maximum atomic E-state index is 12.3. The molecule has 1 heterocycles. The number of methoxy groups -OCH3 is 2. The number of anilines is 1. The van der Waals surface area contributed by atoms with E-state index in [0.717, 1.165) is 0 Å². The van der Waals surface area contributed by atoms with Gasteiger partial charge in [0.25, 0.3) is 5.91 Å². The minimum Gasteiger partial charge on any atom is -0.496 e. The van der Waals surface area contributed by atoms with Crippen LogP contribution in [-0.2, 0) is 6.54 Å². The standard InChI is InChI=1S/C13H16N4O3/c1-19-9-4-3-5-10(20-2)11(9)13(18)15-6-8-7-16-17-12(8)14/h3-5,7H,6H2,1-2H3,(H,15,18)(H3,14,16,17). The molecule has 0 unspecified atom stereocenters. The summed E-state index contributed by atoms with van der Waals surface area (Å²) in [7, 11) is 3.00. The van der Waals surface area contributed by atoms with E-state index in [1.54, 1.807) is 24.4 Å². The molecule has 1 aromatic heterocycles. The zero-order chi connectivity index (χ0) is 14.5. The molecule has 0 bridgehead atoms. The molecule has 1 aromatic carbocycles. The van der Waals surface area contributed by atoms with Gasteiger partial charge in [0, 0.05) is 12.1 Å². The van der Waals surface area contributed by atoms with E-state index in [0.29, 0.717) is 28.4 Å². The number of hydrogen-bond donors (Lipinski definition) is 3. The second-order valence-electron chi connectivity index (χ2n) is 4.03. The molecule has 2 aromatic rings. The van der Waals surface area contributed by atoms with E-state index < -0.39 is 0 Å². The number of hydrogen-bond acceptors (Lipinski definition) is 5. The summed E-state index contributed by atoms with van der Waals surface area (Å²) < 4.78 is 10.4. The predicted molar refractivity (Wildman–Crippen MR) is 73.7 cm³/mol. The lowest BCUT2D eigenvalue weighted by atomic mass is 10.1. The molecule has 2 rings (SSSR count). The molecule has 1 amide bonds. The predicted octanol–water partition coefficient (Wildman–Crippen LogP) is 0.939. The van der Waals surface area contributed by atoms with Gasteiger partial charge >= 0.3 is 0 Å². The van der Waals surface area contributed by atoms with Crippen molar-refractivity contribution in [1.29, 1.82) is 0 Å². The number of nitrogens with two attached hydrogens (primary N) is 1. The number of nitrogens with one attached hydrogen (secondary N) is 2. The summed E-state index contributed by atoms with van der Waals surface area (Å²) in [6, 6.07) is 5.15. The second kappa shape index (κ2) is 5.96. The third-order valence-corrected chi connectivity index (χ3v) is 2.85. The van der Waals surface area contributed by atoms with Crippen molar-refractivity contribution in [1.82, 2.24) is 15.5 Å². The Hall–Kier alpha value is -2.70. The minimum absolute atomic E-state index is 0.266. The average Bonchev–Trinajstić information content (AvgIpc) is 2.89. The molecule has 0 saturated carbocycles. The SMILES string of the molecule is COc1cccc(OC)c1C(=O)NCc1cn[nH]c1N. The largest absolute Gasteiger partial charge is 0.496 e. The Kier molecular flexibility index (Phi) is 4.09. The van der Waals surface area contributed by atoms with Gasteiger partial charge in [-0.15, -0.1) is 0 Å². The smallest absolute Gasteiger partial charge is 0.259 e. The fraction of sp³-hybridized carbons (Fsp3) is 0.231. The van der Waals surface area contributed by atoms with Crippen LogP contribution in [-0.4, -0.2) is 30.3 Å². The first-order valence-corrected chi connectivity index (χ1v) is 5.94. The van der Waals surface area contributed by atoms with Crippen LogP contribution in [0.5, 0.6) is 11.5 Å². The van der Waals surface area contributed by atoms with Crippen LogP contribution >= 0.6 is 0 Å². The van der Waals surface area contributed by atoms with E-state index in [9.17, 15) is 4.79 Å². The number of carbonyl (C=O) groups excluding carboxylic acids is 1. The van der Waals surface area contributed by atoms with E-state index in [-0.39, 0.29) is 12.5 Å². The summed E-state index contributed by atoms with van der Waals surface area (Å²) in [5.74, 6) is 1.02. The van der Waals surface area contributed by atoms with Crippen molar-refractivity contribution in [3.05, 3.63) is 35.5 Å². The topological polar surface area (TPSA) is 102 Å². The Morgan fingerprint density at radius 1 is 1.35 bits per heavy atom. The van der Waals surface area contributed by atoms with Gasteiger partial charge in [0.1, 0.15) is 22.9 Å². The third-order valence-electron chi connectivity index (χ3n) is 2.85. The van der Waals surface area contributed by atoms with E-state index in [1.165, 1.54) is 14.2 Å². The Balaban J connectivity index is 2.18. The number of nitrogen functional groups attached to an aromatic ring is 1. The first-order valence-electron chi connectivity index (χ1n) is 5.94. The Morgan fingerprint density at radius 2 is 2.00 bits per heavy atom. The number of ether oxygens (including phenoxy) is 2. The van der Waals surface area contributed by atoms with Gasteiger partial charge in [-0.25, -0.2) is 0 Å². The number of rotatable bonds is 5. The van der Waals surface area contributed by atoms with E-state index in [4.69, 9.17) is 15.2 Å². The Morgan fingerprint density at radius 3 is 2.50 bits per heavy atom. The van der Waals surface area contributed by atoms with Crippen LogP contribution in [0.25, 0.3) is 0 Å². The fourth-order valence-corrected chi connectivity index (χ4v) is 1.80. The number of benzene rings is 1. The first kappa shape index (κ1) is 13.7. The number of carbonyl (C=O) groups is 1. The van der Waals surface area contributed by atoms with Crippen molar-refractivity contribution in [2.24, 2.45) is 0 Å². The first-order chi connectivity index (χ1) is 9.67. The Bertz CT molecular complexity index is 587. The molecule has 4 N–H and O–H groups in total. The number of amides is 1. The quantitative estimate of drug-likeness (QED) is 0.754. The summed E-state index contributed by atoms with van der Waals surface area (Å²) in [6.45, 7) is 0.266. The lowest BCUT2D eigenvalue weighted by molar-refractivity contribution is 0.0944. The van der Waals surface area contributed by atoms with E-state index in [1.807, 2.05) is 0 Å². The molecule has 20 heavy (non-hydrogen) atoms. The highest BCUT2D eigenvalue weighted by molar-refractivity contribution is 5.99. The van der Waals surface area contributed by atoms with Crippen LogP contribution in [0.1, 0.15) is 15.9 Å². The van der Waals surface area contributed by atoms with Gasteiger partial charge in [0.15, 0.2) is 0 Å². The lowest BCUT2D eigenvalue weighted by Gasteiger charge is -2.12. The third kappa shape index (κ3) is 2.66. The van der Waals surface area contributed by atoms with Crippen LogP contribution in [0.4, 0.5) is 5.82 Å². The van der Waals surface area contributed by atoms with Gasteiger partial charge in [0.05, 0.1) is 20.4 Å². The van der Waals surface area contributed by atoms with Gasteiger partial charge in [-0.1, -0.05) is 6.07 Å². The molecule has 0 radical (unpaired) electrons. The van der Waals surface area contributed by atoms with Crippen molar-refractivity contribution in [3.63, 3.8) is 0 Å². The van der Waals surface area contributed by atoms with Crippen molar-refractivity contribution >= 4 is 11.7 Å². The molecule has 7 heteroatoms. The number of nitrogens with zero attached hydrogens (tertiary/aromatic N) is 1. The summed E-state index contributed by atoms with van der Waals surface area (Å²) in [5, 5.41) is 9.15. The van der Waals surface area contributed by atoms with Gasteiger partial charge in [-0.3, -0.25) is 9.89 Å².